The summed E-state index contributed by atoms with van der Waals surface area (Å²) in [6.45, 7) is 8.05. The van der Waals surface area contributed by atoms with Crippen LogP contribution < -0.4 is 5.32 Å². The van der Waals surface area contributed by atoms with Crippen molar-refractivity contribution in [3.8, 4) is 0 Å². The van der Waals surface area contributed by atoms with Crippen LogP contribution in [-0.2, 0) is 0 Å². The van der Waals surface area contributed by atoms with E-state index in [0.717, 1.165) is 6.07 Å². The van der Waals surface area contributed by atoms with Gasteiger partial charge in [-0.05, 0) is 12.0 Å². The molecule has 0 heterocycles. The lowest BCUT2D eigenvalue weighted by Crippen LogP contribution is -2.32. The van der Waals surface area contributed by atoms with Crippen molar-refractivity contribution < 1.29 is 8.78 Å². The van der Waals surface area contributed by atoms with Gasteiger partial charge in [-0.2, -0.15) is 0 Å². The SMILES string of the molecule is CC(C)NC(c1ccc(F)cc1F)C(C)C. The molecule has 0 aliphatic carbocycles. The first-order valence-corrected chi connectivity index (χ1v) is 5.62. The fourth-order valence-electron chi connectivity index (χ4n) is 1.75. The lowest BCUT2D eigenvalue weighted by atomic mass is 9.95. The third-order valence-electron chi connectivity index (χ3n) is 2.48. The van der Waals surface area contributed by atoms with Gasteiger partial charge in [0.15, 0.2) is 0 Å². The standard InChI is InChI=1S/C13H19F2N/c1-8(2)13(16-9(3)4)11-6-5-10(14)7-12(11)15/h5-9,13,16H,1-4H3. The maximum atomic E-state index is 13.6. The average molecular weight is 227 g/mol. The third kappa shape index (κ3) is 3.27. The van der Waals surface area contributed by atoms with Gasteiger partial charge < -0.3 is 5.32 Å². The fourth-order valence-corrected chi connectivity index (χ4v) is 1.75. The molecule has 0 saturated heterocycles. The number of benzene rings is 1. The van der Waals surface area contributed by atoms with Crippen LogP contribution in [0, 0.1) is 17.6 Å². The predicted octanol–water partition coefficient (Wildman–Crippen LogP) is 3.66. The van der Waals surface area contributed by atoms with E-state index < -0.39 is 11.6 Å². The van der Waals surface area contributed by atoms with Crippen LogP contribution in [0.4, 0.5) is 8.78 Å². The van der Waals surface area contributed by atoms with Crippen molar-refractivity contribution in [2.45, 2.75) is 39.8 Å². The quantitative estimate of drug-likeness (QED) is 0.827. The van der Waals surface area contributed by atoms with Crippen LogP contribution >= 0.6 is 0 Å². The Hall–Kier alpha value is -0.960. The van der Waals surface area contributed by atoms with E-state index in [1.807, 2.05) is 27.7 Å². The van der Waals surface area contributed by atoms with Gasteiger partial charge in [-0.1, -0.05) is 33.8 Å². The smallest absolute Gasteiger partial charge is 0.130 e. The first kappa shape index (κ1) is 13.1. The molecule has 16 heavy (non-hydrogen) atoms. The second-order valence-electron chi connectivity index (χ2n) is 4.71. The van der Waals surface area contributed by atoms with Crippen LogP contribution in [0.5, 0.6) is 0 Å². The highest BCUT2D eigenvalue weighted by atomic mass is 19.1. The Kier molecular flexibility index (Phi) is 4.42. The maximum Gasteiger partial charge on any atom is 0.130 e. The second kappa shape index (κ2) is 5.39. The molecule has 3 heteroatoms. The largest absolute Gasteiger partial charge is 0.307 e. The van der Waals surface area contributed by atoms with Crippen molar-refractivity contribution in [2.75, 3.05) is 0 Å². The summed E-state index contributed by atoms with van der Waals surface area (Å²) in [5.41, 5.74) is 0.533. The monoisotopic (exact) mass is 227 g/mol. The fraction of sp³-hybridized carbons (Fsp3) is 0.538. The minimum Gasteiger partial charge on any atom is -0.307 e. The Balaban J connectivity index is 3.01. The first-order chi connectivity index (χ1) is 7.41. The molecule has 1 rings (SSSR count). The topological polar surface area (TPSA) is 12.0 Å². The third-order valence-corrected chi connectivity index (χ3v) is 2.48. The van der Waals surface area contributed by atoms with Crippen molar-refractivity contribution in [1.29, 1.82) is 0 Å². The highest BCUT2D eigenvalue weighted by Crippen LogP contribution is 2.25. The zero-order valence-electron chi connectivity index (χ0n) is 10.2. The molecule has 1 unspecified atom stereocenters. The highest BCUT2D eigenvalue weighted by Gasteiger charge is 2.20. The summed E-state index contributed by atoms with van der Waals surface area (Å²) in [6.07, 6.45) is 0. The molecule has 0 radical (unpaired) electrons. The molecular formula is C13H19F2N. The van der Waals surface area contributed by atoms with Crippen molar-refractivity contribution >= 4 is 0 Å². The number of rotatable bonds is 4. The first-order valence-electron chi connectivity index (χ1n) is 5.62. The van der Waals surface area contributed by atoms with Crippen molar-refractivity contribution in [3.63, 3.8) is 0 Å². The lowest BCUT2D eigenvalue weighted by molar-refractivity contribution is 0.368. The van der Waals surface area contributed by atoms with Crippen molar-refractivity contribution in [3.05, 3.63) is 35.4 Å². The number of halogens is 2. The summed E-state index contributed by atoms with van der Waals surface area (Å²) in [4.78, 5) is 0. The number of hydrogen-bond acceptors (Lipinski definition) is 1. The van der Waals surface area contributed by atoms with E-state index in [9.17, 15) is 8.78 Å². The summed E-state index contributed by atoms with van der Waals surface area (Å²) >= 11 is 0. The molecule has 1 atom stereocenters. The van der Waals surface area contributed by atoms with Gasteiger partial charge in [-0.25, -0.2) is 8.78 Å². The molecule has 0 bridgehead atoms. The summed E-state index contributed by atoms with van der Waals surface area (Å²) in [5.74, 6) is -0.762. The second-order valence-corrected chi connectivity index (χ2v) is 4.71. The minimum absolute atomic E-state index is 0.0828. The zero-order chi connectivity index (χ0) is 12.3. The molecule has 1 aromatic carbocycles. The number of nitrogens with one attached hydrogen (secondary N) is 1. The molecule has 1 aromatic rings. The molecule has 1 N–H and O–H groups in total. The van der Waals surface area contributed by atoms with E-state index in [2.05, 4.69) is 5.32 Å². The molecule has 0 aliphatic heterocycles. The maximum absolute atomic E-state index is 13.6. The van der Waals surface area contributed by atoms with Gasteiger partial charge in [-0.15, -0.1) is 0 Å². The van der Waals surface area contributed by atoms with Gasteiger partial charge in [0.25, 0.3) is 0 Å². The molecule has 0 aliphatic rings. The minimum atomic E-state index is -0.534. The van der Waals surface area contributed by atoms with Gasteiger partial charge >= 0.3 is 0 Å². The Morgan fingerprint density at radius 3 is 2.12 bits per heavy atom. The molecule has 90 valence electrons. The van der Waals surface area contributed by atoms with E-state index in [1.165, 1.54) is 12.1 Å². The molecule has 0 fully saturated rings. The van der Waals surface area contributed by atoms with Crippen LogP contribution in [-0.4, -0.2) is 6.04 Å². The van der Waals surface area contributed by atoms with Gasteiger partial charge in [0.1, 0.15) is 11.6 Å². The Morgan fingerprint density at radius 2 is 1.69 bits per heavy atom. The van der Waals surface area contributed by atoms with Crippen LogP contribution in [0.3, 0.4) is 0 Å². The summed E-state index contributed by atoms with van der Waals surface area (Å²) in [6, 6.07) is 3.94. The molecule has 1 nitrogen and oxygen atoms in total. The summed E-state index contributed by atoms with van der Waals surface area (Å²) in [5, 5.41) is 3.29. The van der Waals surface area contributed by atoms with E-state index >= 15 is 0 Å². The van der Waals surface area contributed by atoms with Crippen LogP contribution in [0.1, 0.15) is 39.3 Å². The summed E-state index contributed by atoms with van der Waals surface area (Å²) < 4.78 is 26.4. The van der Waals surface area contributed by atoms with E-state index in [0.29, 0.717) is 5.56 Å². The van der Waals surface area contributed by atoms with E-state index in [4.69, 9.17) is 0 Å². The van der Waals surface area contributed by atoms with Gasteiger partial charge in [0, 0.05) is 23.7 Å². The Morgan fingerprint density at radius 1 is 1.06 bits per heavy atom. The van der Waals surface area contributed by atoms with Crippen molar-refractivity contribution in [2.24, 2.45) is 5.92 Å². The normalized spacial score (nSPS) is 13.5. The van der Waals surface area contributed by atoms with Crippen LogP contribution in [0.2, 0.25) is 0 Å². The van der Waals surface area contributed by atoms with E-state index in [1.54, 1.807) is 0 Å². The van der Waals surface area contributed by atoms with Crippen molar-refractivity contribution in [1.82, 2.24) is 5.32 Å². The molecule has 0 aromatic heterocycles. The average Bonchev–Trinajstić information content (AvgIpc) is 2.14. The Bertz CT molecular complexity index is 348. The van der Waals surface area contributed by atoms with E-state index in [-0.39, 0.29) is 18.0 Å². The van der Waals surface area contributed by atoms with Crippen LogP contribution in [0.15, 0.2) is 18.2 Å². The number of hydrogen-bond donors (Lipinski definition) is 1. The zero-order valence-corrected chi connectivity index (χ0v) is 10.2. The van der Waals surface area contributed by atoms with Gasteiger partial charge in [-0.3, -0.25) is 0 Å². The predicted molar refractivity (Wildman–Crippen MR) is 62.2 cm³/mol. The molecule has 0 amide bonds. The molecule has 0 spiro atoms. The lowest BCUT2D eigenvalue weighted by Gasteiger charge is -2.25. The highest BCUT2D eigenvalue weighted by molar-refractivity contribution is 5.22. The molecular weight excluding hydrogens is 208 g/mol. The van der Waals surface area contributed by atoms with Gasteiger partial charge in [0.2, 0.25) is 0 Å². The Labute approximate surface area is 95.9 Å². The molecule has 0 saturated carbocycles. The van der Waals surface area contributed by atoms with Crippen LogP contribution in [0.25, 0.3) is 0 Å². The van der Waals surface area contributed by atoms with Gasteiger partial charge in [0.05, 0.1) is 0 Å². The summed E-state index contributed by atoms with van der Waals surface area (Å²) in [7, 11) is 0.